The molecule has 0 aliphatic rings. The van der Waals surface area contributed by atoms with Crippen LogP contribution in [0.2, 0.25) is 0 Å². The maximum Gasteiger partial charge on any atom is 0.254 e. The fourth-order valence-electron chi connectivity index (χ4n) is 3.20. The number of halogens is 1. The minimum atomic E-state index is -0.487. The molecule has 158 valence electrons. The van der Waals surface area contributed by atoms with Crippen molar-refractivity contribution in [2.45, 2.75) is 33.0 Å². The Kier molecular flexibility index (Phi) is 6.72. The molecular weight excluding hydrogens is 385 g/mol. The molecule has 1 aromatic carbocycles. The Hall–Kier alpha value is -3.35. The zero-order valence-corrected chi connectivity index (χ0v) is 17.4. The average molecular weight is 411 g/mol. The van der Waals surface area contributed by atoms with Gasteiger partial charge in [0.2, 0.25) is 5.91 Å². The molecule has 30 heavy (non-hydrogen) atoms. The third-order valence-electron chi connectivity index (χ3n) is 4.95. The molecular formula is C23H26FN3O3. The zero-order chi connectivity index (χ0) is 21.7. The highest BCUT2D eigenvalue weighted by Crippen LogP contribution is 2.15. The Morgan fingerprint density at radius 3 is 2.50 bits per heavy atom. The van der Waals surface area contributed by atoms with Gasteiger partial charge in [-0.15, -0.1) is 0 Å². The first kappa shape index (κ1) is 21.4. The van der Waals surface area contributed by atoms with E-state index in [1.54, 1.807) is 23.3 Å². The Labute approximate surface area is 175 Å². The molecule has 0 saturated heterocycles. The molecule has 2 amide bonds. The first-order chi connectivity index (χ1) is 14.3. The number of nitrogens with zero attached hydrogens (tertiary/aromatic N) is 3. The smallest absolute Gasteiger partial charge is 0.254 e. The van der Waals surface area contributed by atoms with Crippen LogP contribution in [0.1, 0.15) is 35.7 Å². The van der Waals surface area contributed by atoms with E-state index < -0.39 is 5.82 Å². The third kappa shape index (κ3) is 5.17. The summed E-state index contributed by atoms with van der Waals surface area (Å²) in [5, 5.41) is 0. The predicted molar refractivity (Wildman–Crippen MR) is 111 cm³/mol. The maximum absolute atomic E-state index is 13.6. The van der Waals surface area contributed by atoms with Crippen molar-refractivity contribution in [3.8, 4) is 0 Å². The summed E-state index contributed by atoms with van der Waals surface area (Å²) >= 11 is 0. The molecule has 0 bridgehead atoms. The average Bonchev–Trinajstić information content (AvgIpc) is 3.36. The minimum absolute atomic E-state index is 0.113. The van der Waals surface area contributed by atoms with Gasteiger partial charge in [0.05, 0.1) is 19.4 Å². The van der Waals surface area contributed by atoms with Crippen molar-refractivity contribution in [1.29, 1.82) is 0 Å². The fourth-order valence-corrected chi connectivity index (χ4v) is 3.20. The lowest BCUT2D eigenvalue weighted by Crippen LogP contribution is -2.45. The second kappa shape index (κ2) is 9.43. The van der Waals surface area contributed by atoms with Gasteiger partial charge in [-0.05, 0) is 56.3 Å². The first-order valence-electron chi connectivity index (χ1n) is 9.82. The number of amides is 2. The zero-order valence-electron chi connectivity index (χ0n) is 17.4. The highest BCUT2D eigenvalue weighted by atomic mass is 19.1. The van der Waals surface area contributed by atoms with Gasteiger partial charge < -0.3 is 18.8 Å². The summed E-state index contributed by atoms with van der Waals surface area (Å²) < 4.78 is 21.0. The van der Waals surface area contributed by atoms with Crippen LogP contribution in [0.4, 0.5) is 4.39 Å². The van der Waals surface area contributed by atoms with Gasteiger partial charge in [-0.2, -0.15) is 0 Å². The van der Waals surface area contributed by atoms with Crippen molar-refractivity contribution in [3.05, 3.63) is 83.8 Å². The molecule has 0 radical (unpaired) electrons. The van der Waals surface area contributed by atoms with Crippen molar-refractivity contribution in [2.24, 2.45) is 7.05 Å². The summed E-state index contributed by atoms with van der Waals surface area (Å²) in [4.78, 5) is 29.3. The molecule has 0 spiro atoms. The van der Waals surface area contributed by atoms with Crippen LogP contribution in [0, 0.1) is 5.82 Å². The molecule has 6 nitrogen and oxygen atoms in total. The molecule has 0 fully saturated rings. The Morgan fingerprint density at radius 2 is 1.90 bits per heavy atom. The van der Waals surface area contributed by atoms with Gasteiger partial charge in [0, 0.05) is 30.5 Å². The molecule has 0 N–H and O–H groups in total. The van der Waals surface area contributed by atoms with E-state index in [1.165, 1.54) is 23.1 Å². The Morgan fingerprint density at radius 1 is 1.10 bits per heavy atom. The molecule has 2 aromatic heterocycles. The van der Waals surface area contributed by atoms with Crippen molar-refractivity contribution in [1.82, 2.24) is 14.4 Å². The summed E-state index contributed by atoms with van der Waals surface area (Å²) in [7, 11) is 1.92. The summed E-state index contributed by atoms with van der Waals surface area (Å²) in [6.07, 6.45) is 3.48. The van der Waals surface area contributed by atoms with Gasteiger partial charge in [0.25, 0.3) is 5.91 Å². The number of aryl methyl sites for hydroxylation is 1. The number of hydrogen-bond donors (Lipinski definition) is 0. The number of carbonyl (C=O) groups excluding carboxylic acids is 2. The second-order valence-corrected chi connectivity index (χ2v) is 7.48. The van der Waals surface area contributed by atoms with Crippen LogP contribution >= 0.6 is 0 Å². The van der Waals surface area contributed by atoms with Crippen LogP contribution < -0.4 is 0 Å². The number of aromatic nitrogens is 1. The summed E-state index contributed by atoms with van der Waals surface area (Å²) in [5.74, 6) is -0.426. The fraction of sp³-hybridized carbons (Fsp3) is 0.304. The van der Waals surface area contributed by atoms with E-state index >= 15 is 0 Å². The molecule has 7 heteroatoms. The number of hydrogen-bond acceptors (Lipinski definition) is 3. The van der Waals surface area contributed by atoms with Crippen LogP contribution in [-0.2, 0) is 24.9 Å². The van der Waals surface area contributed by atoms with Crippen molar-refractivity contribution >= 4 is 11.8 Å². The summed E-state index contributed by atoms with van der Waals surface area (Å²) in [6.45, 7) is 4.22. The summed E-state index contributed by atoms with van der Waals surface area (Å²) in [6, 6.07) is 12.7. The molecule has 3 aromatic rings. The van der Waals surface area contributed by atoms with Crippen molar-refractivity contribution in [3.63, 3.8) is 0 Å². The largest absolute Gasteiger partial charge is 0.467 e. The van der Waals surface area contributed by atoms with Gasteiger partial charge in [-0.25, -0.2) is 4.39 Å². The lowest BCUT2D eigenvalue weighted by Gasteiger charge is -2.30. The first-order valence-corrected chi connectivity index (χ1v) is 9.82. The number of rotatable bonds is 8. The SMILES string of the molecule is CC(C)N(CC(=O)N(Cc1ccco1)Cc1cccn1C)C(=O)c1cccc(F)c1. The summed E-state index contributed by atoms with van der Waals surface area (Å²) in [5.41, 5.74) is 1.18. The Bertz CT molecular complexity index is 995. The van der Waals surface area contributed by atoms with E-state index in [0.29, 0.717) is 12.3 Å². The third-order valence-corrected chi connectivity index (χ3v) is 4.95. The van der Waals surface area contributed by atoms with Crippen LogP contribution in [0.5, 0.6) is 0 Å². The van der Waals surface area contributed by atoms with E-state index in [4.69, 9.17) is 4.42 Å². The lowest BCUT2D eigenvalue weighted by atomic mass is 10.1. The molecule has 3 rings (SSSR count). The van der Waals surface area contributed by atoms with Gasteiger partial charge >= 0.3 is 0 Å². The van der Waals surface area contributed by atoms with E-state index in [9.17, 15) is 14.0 Å². The molecule has 2 heterocycles. The lowest BCUT2D eigenvalue weighted by molar-refractivity contribution is -0.133. The van der Waals surface area contributed by atoms with E-state index in [0.717, 1.165) is 5.69 Å². The highest BCUT2D eigenvalue weighted by Gasteiger charge is 2.25. The number of benzene rings is 1. The minimum Gasteiger partial charge on any atom is -0.467 e. The molecule has 0 aliphatic carbocycles. The molecule has 0 saturated carbocycles. The molecule has 0 atom stereocenters. The number of carbonyl (C=O) groups is 2. The predicted octanol–water partition coefficient (Wildman–Crippen LogP) is 3.84. The van der Waals surface area contributed by atoms with Gasteiger partial charge in [-0.1, -0.05) is 6.07 Å². The highest BCUT2D eigenvalue weighted by molar-refractivity contribution is 5.96. The van der Waals surface area contributed by atoms with Crippen LogP contribution in [-0.4, -0.2) is 38.8 Å². The number of furan rings is 1. The van der Waals surface area contributed by atoms with Crippen LogP contribution in [0.25, 0.3) is 0 Å². The van der Waals surface area contributed by atoms with E-state index in [2.05, 4.69) is 0 Å². The van der Waals surface area contributed by atoms with Crippen LogP contribution in [0.3, 0.4) is 0 Å². The quantitative estimate of drug-likeness (QED) is 0.566. The van der Waals surface area contributed by atoms with Gasteiger partial charge in [0.15, 0.2) is 0 Å². The topological polar surface area (TPSA) is 58.7 Å². The van der Waals surface area contributed by atoms with E-state index in [1.807, 2.05) is 49.9 Å². The molecule has 0 aliphatic heterocycles. The Balaban J connectivity index is 1.80. The van der Waals surface area contributed by atoms with Gasteiger partial charge in [-0.3, -0.25) is 9.59 Å². The van der Waals surface area contributed by atoms with Crippen LogP contribution in [0.15, 0.2) is 65.4 Å². The van der Waals surface area contributed by atoms with Crippen molar-refractivity contribution in [2.75, 3.05) is 6.54 Å². The van der Waals surface area contributed by atoms with Gasteiger partial charge in [0.1, 0.15) is 18.1 Å². The molecule has 0 unspecified atom stereocenters. The van der Waals surface area contributed by atoms with E-state index in [-0.39, 0.29) is 36.5 Å². The standard InChI is InChI=1S/C23H26FN3O3/c1-17(2)27(23(29)18-7-4-8-19(24)13-18)16-22(28)26(15-21-10-6-12-30-21)14-20-9-5-11-25(20)3/h4-13,17H,14-16H2,1-3H3. The monoisotopic (exact) mass is 411 g/mol. The second-order valence-electron chi connectivity index (χ2n) is 7.48. The maximum atomic E-state index is 13.6. The normalized spacial score (nSPS) is 11.0. The van der Waals surface area contributed by atoms with Crippen molar-refractivity contribution < 1.29 is 18.4 Å².